The molecule has 0 saturated carbocycles. The molecule has 8 heteroatoms. The van der Waals surface area contributed by atoms with Gasteiger partial charge in [0.1, 0.15) is 17.2 Å². The number of hydrogen-bond donors (Lipinski definition) is 1. The third-order valence-electron chi connectivity index (χ3n) is 4.81. The van der Waals surface area contributed by atoms with E-state index >= 15 is 0 Å². The summed E-state index contributed by atoms with van der Waals surface area (Å²) in [4.78, 5) is 29.0. The number of likely N-dealkylation sites (N-methyl/N-ethyl adjacent to an activating group) is 1. The first kappa shape index (κ1) is 21.4. The van der Waals surface area contributed by atoms with Gasteiger partial charge in [0.2, 0.25) is 0 Å². The van der Waals surface area contributed by atoms with Crippen molar-refractivity contribution in [3.8, 4) is 17.2 Å². The molecule has 0 spiro atoms. The predicted molar refractivity (Wildman–Crippen MR) is 115 cm³/mol. The lowest BCUT2D eigenvalue weighted by molar-refractivity contribution is -0.125. The zero-order valence-electron chi connectivity index (χ0n) is 17.9. The summed E-state index contributed by atoms with van der Waals surface area (Å²) >= 11 is 0. The van der Waals surface area contributed by atoms with Gasteiger partial charge in [-0.2, -0.15) is 0 Å². The van der Waals surface area contributed by atoms with E-state index in [1.54, 1.807) is 48.2 Å². The minimum absolute atomic E-state index is 0.0791. The lowest BCUT2D eigenvalue weighted by atomic mass is 10.1. The van der Waals surface area contributed by atoms with Gasteiger partial charge < -0.3 is 29.3 Å². The number of benzene rings is 2. The number of ether oxygens (including phenoxy) is 3. The molecule has 3 rings (SSSR count). The van der Waals surface area contributed by atoms with Gasteiger partial charge in [-0.3, -0.25) is 9.59 Å². The van der Waals surface area contributed by atoms with Gasteiger partial charge in [-0.25, -0.2) is 0 Å². The summed E-state index contributed by atoms with van der Waals surface area (Å²) in [6.45, 7) is 3.01. The molecule has 0 aliphatic carbocycles. The molecule has 2 aromatic carbocycles. The molecule has 1 atom stereocenters. The number of carbonyl (C=O) groups excluding carboxylic acids is 2. The fourth-order valence-electron chi connectivity index (χ4n) is 3.16. The highest BCUT2D eigenvalue weighted by molar-refractivity contribution is 6.05. The Morgan fingerprint density at radius 3 is 2.40 bits per heavy atom. The second kappa shape index (κ2) is 9.04. The second-order valence-corrected chi connectivity index (χ2v) is 7.29. The number of nitrogens with one attached hydrogen (secondary N) is 1. The number of methoxy groups -OCH3 is 2. The van der Waals surface area contributed by atoms with Gasteiger partial charge in [-0.1, -0.05) is 0 Å². The third-order valence-corrected chi connectivity index (χ3v) is 4.81. The molecular weight excluding hydrogens is 386 g/mol. The Hall–Kier alpha value is -3.26. The molecule has 0 bridgehead atoms. The van der Waals surface area contributed by atoms with Crippen LogP contribution in [0.4, 0.5) is 11.4 Å². The molecule has 160 valence electrons. The van der Waals surface area contributed by atoms with Crippen molar-refractivity contribution in [1.82, 2.24) is 4.90 Å². The van der Waals surface area contributed by atoms with E-state index in [2.05, 4.69) is 5.32 Å². The van der Waals surface area contributed by atoms with Crippen LogP contribution in [0.2, 0.25) is 0 Å². The van der Waals surface area contributed by atoms with E-state index in [1.807, 2.05) is 19.0 Å². The van der Waals surface area contributed by atoms with Crippen LogP contribution in [0.5, 0.6) is 17.2 Å². The molecule has 1 aliphatic heterocycles. The Morgan fingerprint density at radius 1 is 1.13 bits per heavy atom. The first-order chi connectivity index (χ1) is 14.3. The van der Waals surface area contributed by atoms with E-state index in [0.717, 1.165) is 6.54 Å². The highest BCUT2D eigenvalue weighted by Crippen LogP contribution is 2.36. The molecule has 1 aliphatic rings. The second-order valence-electron chi connectivity index (χ2n) is 7.29. The van der Waals surface area contributed by atoms with Crippen LogP contribution in [-0.4, -0.2) is 64.2 Å². The Kier molecular flexibility index (Phi) is 6.47. The average Bonchev–Trinajstić information content (AvgIpc) is 2.73. The maximum absolute atomic E-state index is 12.7. The standard InChI is InChI=1S/C22H27N3O5/c1-14-22(27)25(9-8-24(2)3)19-7-6-16(12-20(19)30-14)23-21(26)15-10-17(28-4)13-18(11-15)29-5/h6-7,10-14H,8-9H2,1-5H3,(H,23,26). The minimum Gasteiger partial charge on any atom is -0.497 e. The first-order valence-corrected chi connectivity index (χ1v) is 9.63. The summed E-state index contributed by atoms with van der Waals surface area (Å²) in [6, 6.07) is 10.2. The molecular formula is C22H27N3O5. The largest absolute Gasteiger partial charge is 0.497 e. The third kappa shape index (κ3) is 4.65. The number of nitrogens with zero attached hydrogens (tertiary/aromatic N) is 2. The Bertz CT molecular complexity index is 922. The van der Waals surface area contributed by atoms with Gasteiger partial charge in [-0.15, -0.1) is 0 Å². The van der Waals surface area contributed by atoms with Crippen molar-refractivity contribution in [2.24, 2.45) is 0 Å². The van der Waals surface area contributed by atoms with E-state index in [9.17, 15) is 9.59 Å². The SMILES string of the molecule is COc1cc(OC)cc(C(=O)Nc2ccc3c(c2)OC(C)C(=O)N3CCN(C)C)c1. The molecule has 1 N–H and O–H groups in total. The van der Waals surface area contributed by atoms with Gasteiger partial charge in [0.05, 0.1) is 19.9 Å². The molecule has 2 amide bonds. The van der Waals surface area contributed by atoms with Crippen molar-refractivity contribution in [3.05, 3.63) is 42.0 Å². The van der Waals surface area contributed by atoms with Gasteiger partial charge in [-0.05, 0) is 45.3 Å². The van der Waals surface area contributed by atoms with Gasteiger partial charge in [0.15, 0.2) is 6.10 Å². The quantitative estimate of drug-likeness (QED) is 0.752. The van der Waals surface area contributed by atoms with Crippen LogP contribution < -0.4 is 24.4 Å². The zero-order chi connectivity index (χ0) is 21.8. The molecule has 0 aromatic heterocycles. The van der Waals surface area contributed by atoms with E-state index in [-0.39, 0.29) is 11.8 Å². The highest BCUT2D eigenvalue weighted by atomic mass is 16.5. The minimum atomic E-state index is -0.590. The van der Waals surface area contributed by atoms with E-state index in [4.69, 9.17) is 14.2 Å². The number of amides is 2. The topological polar surface area (TPSA) is 80.3 Å². The Morgan fingerprint density at radius 2 is 1.80 bits per heavy atom. The van der Waals surface area contributed by atoms with Crippen molar-refractivity contribution in [3.63, 3.8) is 0 Å². The fraction of sp³-hybridized carbons (Fsp3) is 0.364. The van der Waals surface area contributed by atoms with Crippen LogP contribution in [0.1, 0.15) is 17.3 Å². The summed E-state index contributed by atoms with van der Waals surface area (Å²) < 4.78 is 16.2. The van der Waals surface area contributed by atoms with Crippen LogP contribution in [-0.2, 0) is 4.79 Å². The molecule has 30 heavy (non-hydrogen) atoms. The summed E-state index contributed by atoms with van der Waals surface area (Å²) in [5.74, 6) is 1.22. The van der Waals surface area contributed by atoms with Crippen LogP contribution in [0.25, 0.3) is 0 Å². The van der Waals surface area contributed by atoms with Crippen molar-refractivity contribution < 1.29 is 23.8 Å². The molecule has 1 unspecified atom stereocenters. The molecule has 1 heterocycles. The van der Waals surface area contributed by atoms with Crippen LogP contribution >= 0.6 is 0 Å². The van der Waals surface area contributed by atoms with E-state index in [1.165, 1.54) is 14.2 Å². The first-order valence-electron chi connectivity index (χ1n) is 9.63. The van der Waals surface area contributed by atoms with Crippen molar-refractivity contribution in [2.45, 2.75) is 13.0 Å². The maximum Gasteiger partial charge on any atom is 0.267 e. The molecule has 0 radical (unpaired) electrons. The molecule has 0 fully saturated rings. The molecule has 2 aromatic rings. The predicted octanol–water partition coefficient (Wildman–Crippen LogP) is 2.63. The monoisotopic (exact) mass is 413 g/mol. The summed E-state index contributed by atoms with van der Waals surface area (Å²) in [6.07, 6.45) is -0.590. The highest BCUT2D eigenvalue weighted by Gasteiger charge is 2.31. The van der Waals surface area contributed by atoms with Gasteiger partial charge >= 0.3 is 0 Å². The normalized spacial score (nSPS) is 15.5. The number of hydrogen-bond acceptors (Lipinski definition) is 6. The van der Waals surface area contributed by atoms with Gasteiger partial charge in [0, 0.05) is 36.5 Å². The smallest absolute Gasteiger partial charge is 0.267 e. The van der Waals surface area contributed by atoms with E-state index < -0.39 is 6.10 Å². The van der Waals surface area contributed by atoms with Crippen LogP contribution in [0.15, 0.2) is 36.4 Å². The Labute approximate surface area is 176 Å². The summed E-state index contributed by atoms with van der Waals surface area (Å²) in [5, 5.41) is 2.86. The van der Waals surface area contributed by atoms with Crippen LogP contribution in [0, 0.1) is 0 Å². The van der Waals surface area contributed by atoms with E-state index in [0.29, 0.717) is 40.7 Å². The fourth-order valence-corrected chi connectivity index (χ4v) is 3.16. The van der Waals surface area contributed by atoms with Crippen molar-refractivity contribution >= 4 is 23.2 Å². The van der Waals surface area contributed by atoms with Crippen molar-refractivity contribution in [1.29, 1.82) is 0 Å². The number of rotatable bonds is 7. The summed E-state index contributed by atoms with van der Waals surface area (Å²) in [7, 11) is 6.98. The number of fused-ring (bicyclic) bond motifs is 1. The summed E-state index contributed by atoms with van der Waals surface area (Å²) in [5.41, 5.74) is 1.66. The van der Waals surface area contributed by atoms with Crippen LogP contribution in [0.3, 0.4) is 0 Å². The molecule has 8 nitrogen and oxygen atoms in total. The zero-order valence-corrected chi connectivity index (χ0v) is 17.9. The maximum atomic E-state index is 12.7. The molecule has 0 saturated heterocycles. The van der Waals surface area contributed by atoms with Gasteiger partial charge in [0.25, 0.3) is 11.8 Å². The number of anilines is 2. The number of carbonyl (C=O) groups is 2. The lowest BCUT2D eigenvalue weighted by Crippen LogP contribution is -2.46. The lowest BCUT2D eigenvalue weighted by Gasteiger charge is -2.34. The average molecular weight is 413 g/mol. The Balaban J connectivity index is 1.83. The van der Waals surface area contributed by atoms with Crippen molar-refractivity contribution in [2.75, 3.05) is 51.6 Å².